The smallest absolute Gasteiger partial charge is 0.225 e. The third kappa shape index (κ3) is 1.46. The number of piperidine rings is 1. The summed E-state index contributed by atoms with van der Waals surface area (Å²) in [6, 6.07) is 0. The fourth-order valence-electron chi connectivity index (χ4n) is 4.92. The highest BCUT2D eigenvalue weighted by atomic mass is 17.3. The van der Waals surface area contributed by atoms with Gasteiger partial charge in [-0.1, -0.05) is 13.8 Å². The molecule has 0 aromatic carbocycles. The second kappa shape index (κ2) is 3.96. The van der Waals surface area contributed by atoms with Gasteiger partial charge in [-0.2, -0.15) is 0 Å². The average molecular weight is 281 g/mol. The summed E-state index contributed by atoms with van der Waals surface area (Å²) < 4.78 is 6.12. The van der Waals surface area contributed by atoms with Crippen LogP contribution >= 0.6 is 0 Å². The molecule has 0 aromatic rings. The van der Waals surface area contributed by atoms with Crippen molar-refractivity contribution < 1.29 is 19.3 Å². The zero-order valence-corrected chi connectivity index (χ0v) is 12.3. The summed E-state index contributed by atoms with van der Waals surface area (Å²) in [7, 11) is 0. The molecule has 7 atom stereocenters. The van der Waals surface area contributed by atoms with Crippen LogP contribution in [0.1, 0.15) is 46.5 Å². The van der Waals surface area contributed by atoms with Gasteiger partial charge in [0.15, 0.2) is 11.8 Å². The van der Waals surface area contributed by atoms with Gasteiger partial charge < -0.3 is 10.1 Å². The lowest BCUT2D eigenvalue weighted by atomic mass is 9.57. The van der Waals surface area contributed by atoms with Crippen LogP contribution in [0, 0.1) is 23.7 Å². The Morgan fingerprint density at radius 2 is 1.95 bits per heavy atom. The first kappa shape index (κ1) is 13.0. The number of hydrogen-bond donors (Lipinski definition) is 1. The van der Waals surface area contributed by atoms with Gasteiger partial charge in [-0.15, -0.1) is 0 Å². The Morgan fingerprint density at radius 1 is 1.15 bits per heavy atom. The first-order valence-corrected chi connectivity index (χ1v) is 7.81. The minimum absolute atomic E-state index is 0.0455. The van der Waals surface area contributed by atoms with Gasteiger partial charge in [0.05, 0.1) is 0 Å². The Bertz CT molecular complexity index is 455. The molecule has 4 unspecified atom stereocenters. The van der Waals surface area contributed by atoms with Crippen LogP contribution in [0.5, 0.6) is 0 Å². The van der Waals surface area contributed by atoms with Crippen molar-refractivity contribution >= 4 is 5.91 Å². The topological polar surface area (TPSA) is 56.8 Å². The number of nitrogens with one attached hydrogen (secondary N) is 1. The van der Waals surface area contributed by atoms with Crippen LogP contribution in [0.3, 0.4) is 0 Å². The predicted octanol–water partition coefficient (Wildman–Crippen LogP) is 1.97. The Hall–Kier alpha value is -0.650. The van der Waals surface area contributed by atoms with Gasteiger partial charge in [-0.25, -0.2) is 9.78 Å². The Labute approximate surface area is 119 Å². The van der Waals surface area contributed by atoms with E-state index in [4.69, 9.17) is 14.5 Å². The van der Waals surface area contributed by atoms with Crippen LogP contribution in [0.4, 0.5) is 0 Å². The van der Waals surface area contributed by atoms with Crippen molar-refractivity contribution in [1.29, 1.82) is 0 Å². The van der Waals surface area contributed by atoms with Gasteiger partial charge in [0.1, 0.15) is 0 Å². The quantitative estimate of drug-likeness (QED) is 0.690. The lowest BCUT2D eigenvalue weighted by Gasteiger charge is -2.58. The molecule has 1 spiro atoms. The van der Waals surface area contributed by atoms with Crippen molar-refractivity contribution in [2.75, 3.05) is 0 Å². The van der Waals surface area contributed by atoms with Gasteiger partial charge in [-0.05, 0) is 38.0 Å². The van der Waals surface area contributed by atoms with Crippen molar-refractivity contribution in [2.24, 2.45) is 23.7 Å². The molecule has 1 saturated carbocycles. The minimum Gasteiger partial charge on any atom is -0.328 e. The molecule has 112 valence electrons. The van der Waals surface area contributed by atoms with E-state index < -0.39 is 11.4 Å². The monoisotopic (exact) mass is 281 g/mol. The van der Waals surface area contributed by atoms with E-state index >= 15 is 0 Å². The zero-order valence-electron chi connectivity index (χ0n) is 12.3. The maximum absolute atomic E-state index is 12.2. The SMILES string of the molecule is CC1CC[C@@H]2[C@H](C)C(=O)NC3O[C@@]4(C)CCC1C32OO4. The molecule has 5 fully saturated rings. The van der Waals surface area contributed by atoms with E-state index in [2.05, 4.69) is 12.2 Å². The summed E-state index contributed by atoms with van der Waals surface area (Å²) in [5, 5.41) is 3.04. The van der Waals surface area contributed by atoms with Gasteiger partial charge in [-0.3, -0.25) is 4.79 Å². The molecule has 5 aliphatic rings. The van der Waals surface area contributed by atoms with E-state index in [1.165, 1.54) is 0 Å². The summed E-state index contributed by atoms with van der Waals surface area (Å²) in [5.41, 5.74) is -0.499. The van der Waals surface area contributed by atoms with Crippen molar-refractivity contribution in [1.82, 2.24) is 5.32 Å². The van der Waals surface area contributed by atoms with E-state index in [0.717, 1.165) is 25.7 Å². The molecule has 4 aliphatic heterocycles. The van der Waals surface area contributed by atoms with Crippen LogP contribution in [-0.4, -0.2) is 23.5 Å². The van der Waals surface area contributed by atoms with E-state index in [-0.39, 0.29) is 24.0 Å². The van der Waals surface area contributed by atoms with Crippen LogP contribution in [0.2, 0.25) is 0 Å². The molecule has 1 N–H and O–H groups in total. The molecule has 5 rings (SSSR count). The van der Waals surface area contributed by atoms with Gasteiger partial charge >= 0.3 is 0 Å². The maximum atomic E-state index is 12.2. The number of carbonyl (C=O) groups excluding carboxylic acids is 1. The molecule has 5 heteroatoms. The highest BCUT2D eigenvalue weighted by molar-refractivity contribution is 5.80. The summed E-state index contributed by atoms with van der Waals surface area (Å²) in [5.74, 6) is 0.452. The van der Waals surface area contributed by atoms with E-state index in [1.54, 1.807) is 0 Å². The highest BCUT2D eigenvalue weighted by Gasteiger charge is 2.68. The molecule has 5 nitrogen and oxygen atoms in total. The molecule has 1 amide bonds. The molecule has 4 heterocycles. The molecule has 20 heavy (non-hydrogen) atoms. The first-order valence-electron chi connectivity index (χ1n) is 7.81. The third-order valence-corrected chi connectivity index (χ3v) is 6.12. The predicted molar refractivity (Wildman–Crippen MR) is 70.1 cm³/mol. The fraction of sp³-hybridized carbons (Fsp3) is 0.933. The fourth-order valence-corrected chi connectivity index (χ4v) is 4.92. The van der Waals surface area contributed by atoms with Crippen molar-refractivity contribution in [3.05, 3.63) is 0 Å². The second-order valence-electron chi connectivity index (χ2n) is 7.26. The van der Waals surface area contributed by atoms with Crippen molar-refractivity contribution in [3.63, 3.8) is 0 Å². The van der Waals surface area contributed by atoms with Crippen molar-refractivity contribution in [2.45, 2.75) is 64.1 Å². The van der Waals surface area contributed by atoms with E-state index in [1.807, 2.05) is 13.8 Å². The standard InChI is InChI=1S/C15H23NO4/c1-8-4-5-11-9(2)12(17)16-13-15(11)10(8)6-7-14(3,18-13)19-20-15/h8-11,13H,4-7H2,1-3H3,(H,16,17)/t8?,9-,10?,11+,13?,14+,15?/m0/s1. The number of amides is 1. The lowest BCUT2D eigenvalue weighted by Crippen LogP contribution is -2.74. The normalized spacial score (nSPS) is 57.8. The number of fused-ring (bicyclic) bond motifs is 2. The van der Waals surface area contributed by atoms with Gasteiger partial charge in [0, 0.05) is 18.3 Å². The highest BCUT2D eigenvalue weighted by Crippen LogP contribution is 2.58. The van der Waals surface area contributed by atoms with Crippen LogP contribution < -0.4 is 5.32 Å². The lowest BCUT2D eigenvalue weighted by molar-refractivity contribution is -0.538. The molecule has 4 saturated heterocycles. The van der Waals surface area contributed by atoms with E-state index in [9.17, 15) is 4.79 Å². The van der Waals surface area contributed by atoms with Crippen molar-refractivity contribution in [3.8, 4) is 0 Å². The minimum atomic E-state index is -0.731. The molecule has 1 aliphatic carbocycles. The average Bonchev–Trinajstić information content (AvgIpc) is 2.63. The largest absolute Gasteiger partial charge is 0.328 e. The van der Waals surface area contributed by atoms with Crippen LogP contribution in [0.25, 0.3) is 0 Å². The van der Waals surface area contributed by atoms with Crippen LogP contribution in [-0.2, 0) is 19.3 Å². The number of rotatable bonds is 0. The molecule has 2 bridgehead atoms. The molecular weight excluding hydrogens is 258 g/mol. The molecule has 0 radical (unpaired) electrons. The number of hydrogen-bond acceptors (Lipinski definition) is 4. The summed E-state index contributed by atoms with van der Waals surface area (Å²) >= 11 is 0. The van der Waals surface area contributed by atoms with E-state index in [0.29, 0.717) is 11.8 Å². The summed E-state index contributed by atoms with van der Waals surface area (Å²) in [6.45, 7) is 6.19. The Balaban J connectivity index is 1.84. The van der Waals surface area contributed by atoms with Gasteiger partial charge in [0.25, 0.3) is 0 Å². The zero-order chi connectivity index (χ0) is 14.1. The molecule has 0 aromatic heterocycles. The maximum Gasteiger partial charge on any atom is 0.225 e. The molecular formula is C15H23NO4. The summed E-state index contributed by atoms with van der Waals surface area (Å²) in [4.78, 5) is 23.9. The Kier molecular flexibility index (Phi) is 2.58. The third-order valence-electron chi connectivity index (χ3n) is 6.12. The Morgan fingerprint density at radius 3 is 2.75 bits per heavy atom. The second-order valence-corrected chi connectivity index (χ2v) is 7.26. The first-order chi connectivity index (χ1) is 9.46. The number of ether oxygens (including phenoxy) is 1. The van der Waals surface area contributed by atoms with Crippen LogP contribution in [0.15, 0.2) is 0 Å². The number of carbonyl (C=O) groups is 1. The summed E-state index contributed by atoms with van der Waals surface area (Å²) in [6.07, 6.45) is 3.64. The van der Waals surface area contributed by atoms with Gasteiger partial charge in [0.2, 0.25) is 11.7 Å².